The van der Waals surface area contributed by atoms with Crippen LogP contribution >= 0.6 is 11.3 Å². The van der Waals surface area contributed by atoms with Gasteiger partial charge >= 0.3 is 0 Å². The number of sulfonamides is 1. The number of hydrogen-bond acceptors (Lipinski definition) is 4. The Morgan fingerprint density at radius 2 is 2.00 bits per heavy atom. The molecule has 6 heteroatoms. The molecule has 1 amide bonds. The van der Waals surface area contributed by atoms with Crippen molar-refractivity contribution in [1.82, 2.24) is 4.72 Å². The van der Waals surface area contributed by atoms with Gasteiger partial charge < -0.3 is 0 Å². The van der Waals surface area contributed by atoms with Gasteiger partial charge in [-0.15, -0.1) is 11.3 Å². The van der Waals surface area contributed by atoms with E-state index in [1.54, 1.807) is 17.5 Å². The van der Waals surface area contributed by atoms with E-state index in [2.05, 4.69) is 4.72 Å². The highest BCUT2D eigenvalue weighted by atomic mass is 32.2. The Balaban J connectivity index is 2.04. The van der Waals surface area contributed by atoms with Gasteiger partial charge in [-0.05, 0) is 24.3 Å². The van der Waals surface area contributed by atoms with Gasteiger partial charge in [0.1, 0.15) is 0 Å². The van der Waals surface area contributed by atoms with Crippen molar-refractivity contribution in [3.8, 4) is 0 Å². The van der Waals surface area contributed by atoms with Gasteiger partial charge in [0.2, 0.25) is 10.0 Å². The van der Waals surface area contributed by atoms with E-state index >= 15 is 0 Å². The molecule has 94 valence electrons. The van der Waals surface area contributed by atoms with Gasteiger partial charge in [0.15, 0.2) is 0 Å². The second-order valence-corrected chi connectivity index (χ2v) is 7.12. The van der Waals surface area contributed by atoms with Crippen molar-refractivity contribution in [3.05, 3.63) is 22.4 Å². The van der Waals surface area contributed by atoms with E-state index in [0.717, 1.165) is 19.3 Å². The highest BCUT2D eigenvalue weighted by Crippen LogP contribution is 2.23. The molecular formula is C11H15NO3S2. The van der Waals surface area contributed by atoms with Crippen molar-refractivity contribution in [3.63, 3.8) is 0 Å². The minimum atomic E-state index is -3.50. The number of thiophene rings is 1. The number of carbonyl (C=O) groups is 1. The Labute approximate surface area is 105 Å². The average Bonchev–Trinajstić information content (AvgIpc) is 2.83. The molecule has 0 aliphatic heterocycles. The number of amides is 1. The highest BCUT2D eigenvalue weighted by Gasteiger charge is 2.29. The molecule has 1 aliphatic rings. The van der Waals surface area contributed by atoms with E-state index in [-0.39, 0.29) is 0 Å². The zero-order chi connectivity index (χ0) is 12.3. The van der Waals surface area contributed by atoms with Crippen molar-refractivity contribution in [2.24, 2.45) is 0 Å². The molecule has 0 radical (unpaired) electrons. The third-order valence-electron chi connectivity index (χ3n) is 2.97. The van der Waals surface area contributed by atoms with Crippen LogP contribution in [0.15, 0.2) is 17.5 Å². The van der Waals surface area contributed by atoms with Gasteiger partial charge in [-0.1, -0.05) is 25.3 Å². The predicted molar refractivity (Wildman–Crippen MR) is 67.6 cm³/mol. The van der Waals surface area contributed by atoms with Gasteiger partial charge in [-0.2, -0.15) is 0 Å². The first kappa shape index (κ1) is 12.6. The van der Waals surface area contributed by atoms with Crippen LogP contribution in [0.2, 0.25) is 0 Å². The second-order valence-electron chi connectivity index (χ2n) is 4.21. The molecule has 1 heterocycles. The Morgan fingerprint density at radius 1 is 1.29 bits per heavy atom. The second kappa shape index (κ2) is 5.18. The molecule has 0 spiro atoms. The maximum Gasteiger partial charge on any atom is 0.274 e. The van der Waals surface area contributed by atoms with Gasteiger partial charge in [0, 0.05) is 0 Å². The summed E-state index contributed by atoms with van der Waals surface area (Å²) in [5, 5.41) is 1.35. The topological polar surface area (TPSA) is 63.2 Å². The van der Waals surface area contributed by atoms with Gasteiger partial charge in [-0.25, -0.2) is 13.1 Å². The fraction of sp³-hybridized carbons (Fsp3) is 0.545. The van der Waals surface area contributed by atoms with Crippen LogP contribution in [0.4, 0.5) is 0 Å². The molecule has 0 atom stereocenters. The molecule has 1 aromatic heterocycles. The Morgan fingerprint density at radius 3 is 2.59 bits per heavy atom. The van der Waals surface area contributed by atoms with E-state index in [1.807, 2.05) is 0 Å². The Hall–Kier alpha value is -0.880. The lowest BCUT2D eigenvalue weighted by Gasteiger charge is -2.21. The number of carbonyl (C=O) groups excluding carboxylic acids is 1. The van der Waals surface area contributed by atoms with Crippen LogP contribution in [0.25, 0.3) is 0 Å². The summed E-state index contributed by atoms with van der Waals surface area (Å²) < 4.78 is 26.1. The highest BCUT2D eigenvalue weighted by molar-refractivity contribution is 7.90. The molecular weight excluding hydrogens is 258 g/mol. The smallest absolute Gasteiger partial charge is 0.267 e. The minimum absolute atomic E-state index is 0.403. The zero-order valence-corrected chi connectivity index (χ0v) is 11.0. The summed E-state index contributed by atoms with van der Waals surface area (Å²) in [4.78, 5) is 12.1. The summed E-state index contributed by atoms with van der Waals surface area (Å²) in [5.41, 5.74) is 0. The lowest BCUT2D eigenvalue weighted by Crippen LogP contribution is -2.39. The van der Waals surface area contributed by atoms with E-state index < -0.39 is 21.2 Å². The molecule has 0 aromatic carbocycles. The number of hydrogen-bond donors (Lipinski definition) is 1. The normalized spacial score (nSPS) is 17.9. The molecule has 2 rings (SSSR count). The molecule has 0 bridgehead atoms. The Bertz CT molecular complexity index is 473. The minimum Gasteiger partial charge on any atom is -0.267 e. The maximum atomic E-state index is 12.0. The van der Waals surface area contributed by atoms with Crippen LogP contribution in [-0.4, -0.2) is 19.6 Å². The number of nitrogens with one attached hydrogen (secondary N) is 1. The van der Waals surface area contributed by atoms with Crippen LogP contribution in [0, 0.1) is 0 Å². The average molecular weight is 273 g/mol. The SMILES string of the molecule is O=C(NS(=O)(=O)C1CCCCC1)c1cccs1. The fourth-order valence-electron chi connectivity index (χ4n) is 2.05. The molecule has 1 N–H and O–H groups in total. The third-order valence-corrected chi connectivity index (χ3v) is 5.66. The van der Waals surface area contributed by atoms with Gasteiger partial charge in [0.25, 0.3) is 5.91 Å². The maximum absolute atomic E-state index is 12.0. The van der Waals surface area contributed by atoms with Crippen LogP contribution < -0.4 is 4.72 Å². The quantitative estimate of drug-likeness (QED) is 0.917. The standard InChI is InChI=1S/C11H15NO3S2/c13-11(10-7-4-8-16-10)12-17(14,15)9-5-2-1-3-6-9/h4,7-9H,1-3,5-6H2,(H,12,13). The predicted octanol–water partition coefficient (Wildman–Crippen LogP) is 2.14. The van der Waals surface area contributed by atoms with Crippen molar-refractivity contribution < 1.29 is 13.2 Å². The largest absolute Gasteiger partial charge is 0.274 e. The number of rotatable bonds is 3. The monoisotopic (exact) mass is 273 g/mol. The summed E-state index contributed by atoms with van der Waals surface area (Å²) in [6.45, 7) is 0. The van der Waals surface area contributed by atoms with Crippen molar-refractivity contribution in [2.45, 2.75) is 37.4 Å². The molecule has 1 aromatic rings. The van der Waals surface area contributed by atoms with E-state index in [1.165, 1.54) is 11.3 Å². The first-order valence-electron chi connectivity index (χ1n) is 5.69. The zero-order valence-electron chi connectivity index (χ0n) is 9.39. The van der Waals surface area contributed by atoms with Crippen LogP contribution in [0.3, 0.4) is 0 Å². The molecule has 0 saturated heterocycles. The molecule has 1 saturated carbocycles. The lowest BCUT2D eigenvalue weighted by atomic mass is 10.0. The first-order chi connectivity index (χ1) is 8.09. The Kier molecular flexibility index (Phi) is 3.83. The summed E-state index contributed by atoms with van der Waals surface area (Å²) in [6, 6.07) is 3.35. The van der Waals surface area contributed by atoms with Crippen molar-refractivity contribution in [1.29, 1.82) is 0 Å². The van der Waals surface area contributed by atoms with Crippen molar-refractivity contribution >= 4 is 27.3 Å². The van der Waals surface area contributed by atoms with Crippen molar-refractivity contribution in [2.75, 3.05) is 0 Å². The molecule has 17 heavy (non-hydrogen) atoms. The van der Waals surface area contributed by atoms with Crippen LogP contribution in [0.5, 0.6) is 0 Å². The van der Waals surface area contributed by atoms with Crippen LogP contribution in [-0.2, 0) is 10.0 Å². The molecule has 4 nitrogen and oxygen atoms in total. The van der Waals surface area contributed by atoms with E-state index in [0.29, 0.717) is 17.7 Å². The van der Waals surface area contributed by atoms with Gasteiger partial charge in [-0.3, -0.25) is 4.79 Å². The van der Waals surface area contributed by atoms with Gasteiger partial charge in [0.05, 0.1) is 10.1 Å². The summed E-state index contributed by atoms with van der Waals surface area (Å²) in [6.07, 6.45) is 4.27. The van der Waals surface area contributed by atoms with E-state index in [4.69, 9.17) is 0 Å². The summed E-state index contributed by atoms with van der Waals surface area (Å²) in [7, 11) is -3.50. The molecule has 1 fully saturated rings. The summed E-state index contributed by atoms with van der Waals surface area (Å²) in [5.74, 6) is -0.509. The third kappa shape index (κ3) is 3.07. The molecule has 0 unspecified atom stereocenters. The summed E-state index contributed by atoms with van der Waals surface area (Å²) >= 11 is 1.24. The van der Waals surface area contributed by atoms with Crippen LogP contribution in [0.1, 0.15) is 41.8 Å². The lowest BCUT2D eigenvalue weighted by molar-refractivity contribution is 0.0985. The molecule has 1 aliphatic carbocycles. The van der Waals surface area contributed by atoms with E-state index in [9.17, 15) is 13.2 Å². The fourth-order valence-corrected chi connectivity index (χ4v) is 4.22. The first-order valence-corrected chi connectivity index (χ1v) is 8.11.